The van der Waals surface area contributed by atoms with Gasteiger partial charge in [0.1, 0.15) is 19.0 Å². The van der Waals surface area contributed by atoms with E-state index in [0.29, 0.717) is 56.2 Å². The van der Waals surface area contributed by atoms with Crippen molar-refractivity contribution in [2.75, 3.05) is 33.4 Å². The molecular formula is C24H25NO5. The Hall–Kier alpha value is -3.28. The number of fused-ring (bicyclic) bond motifs is 1. The van der Waals surface area contributed by atoms with Crippen LogP contribution in [0, 0.1) is 5.92 Å². The summed E-state index contributed by atoms with van der Waals surface area (Å²) in [5.74, 6) is 2.00. The number of Topliss-reactive ketones (excluding diaryl/α,β-unsaturated/α-hetero) is 1. The number of ketones is 1. The van der Waals surface area contributed by atoms with E-state index in [1.807, 2.05) is 24.3 Å². The van der Waals surface area contributed by atoms with Gasteiger partial charge in [-0.3, -0.25) is 9.59 Å². The molecule has 0 bridgehead atoms. The summed E-state index contributed by atoms with van der Waals surface area (Å²) in [6, 6.07) is 12.9. The standard InChI is InChI=1S/C24H25NO5/c1-28-20-5-3-2-4-17(20)7-9-23(26)25-12-10-18(11-13-25)24(27)19-6-8-21-22(16-19)30-15-14-29-21/h2-9,16,18H,10-15H2,1H3/b9-7+. The van der Waals surface area contributed by atoms with Crippen molar-refractivity contribution in [1.82, 2.24) is 4.90 Å². The van der Waals surface area contributed by atoms with Crippen molar-refractivity contribution in [3.8, 4) is 17.2 Å². The number of carbonyl (C=O) groups excluding carboxylic acids is 2. The molecule has 0 saturated carbocycles. The van der Waals surface area contributed by atoms with Crippen LogP contribution in [0.3, 0.4) is 0 Å². The molecule has 0 N–H and O–H groups in total. The average molecular weight is 407 g/mol. The van der Waals surface area contributed by atoms with Crippen LogP contribution in [0.15, 0.2) is 48.5 Å². The third kappa shape index (κ3) is 4.32. The molecule has 0 unspecified atom stereocenters. The zero-order valence-corrected chi connectivity index (χ0v) is 17.0. The first-order valence-electron chi connectivity index (χ1n) is 10.2. The van der Waals surface area contributed by atoms with Crippen LogP contribution in [0.25, 0.3) is 6.08 Å². The Morgan fingerprint density at radius 3 is 2.53 bits per heavy atom. The smallest absolute Gasteiger partial charge is 0.246 e. The SMILES string of the molecule is COc1ccccc1/C=C/C(=O)N1CCC(C(=O)c2ccc3c(c2)OCCO3)CC1. The Morgan fingerprint density at radius 1 is 1.03 bits per heavy atom. The van der Waals surface area contributed by atoms with Gasteiger partial charge in [-0.1, -0.05) is 18.2 Å². The van der Waals surface area contributed by atoms with Crippen molar-refractivity contribution in [3.63, 3.8) is 0 Å². The van der Waals surface area contributed by atoms with Crippen LogP contribution >= 0.6 is 0 Å². The van der Waals surface area contributed by atoms with Crippen molar-refractivity contribution < 1.29 is 23.8 Å². The molecule has 2 aromatic carbocycles. The predicted octanol–water partition coefficient (Wildman–Crippen LogP) is 3.60. The quantitative estimate of drug-likeness (QED) is 0.560. The van der Waals surface area contributed by atoms with Crippen LogP contribution in [-0.4, -0.2) is 50.0 Å². The fourth-order valence-electron chi connectivity index (χ4n) is 3.86. The first-order chi connectivity index (χ1) is 14.7. The van der Waals surface area contributed by atoms with Gasteiger partial charge in [0.05, 0.1) is 7.11 Å². The first-order valence-corrected chi connectivity index (χ1v) is 10.2. The predicted molar refractivity (Wildman–Crippen MR) is 113 cm³/mol. The minimum absolute atomic E-state index is 0.0499. The molecule has 1 fully saturated rings. The van der Waals surface area contributed by atoms with Gasteiger partial charge in [0.15, 0.2) is 17.3 Å². The highest BCUT2D eigenvalue weighted by molar-refractivity contribution is 5.99. The van der Waals surface area contributed by atoms with Gasteiger partial charge < -0.3 is 19.1 Å². The average Bonchev–Trinajstić information content (AvgIpc) is 2.82. The van der Waals surface area contributed by atoms with Crippen molar-refractivity contribution in [2.24, 2.45) is 5.92 Å². The molecule has 2 heterocycles. The van der Waals surface area contributed by atoms with Gasteiger partial charge in [-0.15, -0.1) is 0 Å². The maximum atomic E-state index is 12.9. The topological polar surface area (TPSA) is 65.1 Å². The molecule has 6 heteroatoms. The van der Waals surface area contributed by atoms with E-state index in [1.54, 1.807) is 42.4 Å². The highest BCUT2D eigenvalue weighted by Gasteiger charge is 2.28. The lowest BCUT2D eigenvalue weighted by Crippen LogP contribution is -2.39. The summed E-state index contributed by atoms with van der Waals surface area (Å²) in [5, 5.41) is 0. The number of nitrogens with zero attached hydrogens (tertiary/aromatic N) is 1. The highest BCUT2D eigenvalue weighted by Crippen LogP contribution is 2.32. The Bertz CT molecular complexity index is 960. The molecule has 2 aliphatic rings. The van der Waals surface area contributed by atoms with Crippen molar-refractivity contribution in [2.45, 2.75) is 12.8 Å². The van der Waals surface area contributed by atoms with Crippen molar-refractivity contribution in [1.29, 1.82) is 0 Å². The van der Waals surface area contributed by atoms with Crippen LogP contribution in [0.1, 0.15) is 28.8 Å². The Labute approximate surface area is 176 Å². The largest absolute Gasteiger partial charge is 0.496 e. The minimum Gasteiger partial charge on any atom is -0.496 e. The highest BCUT2D eigenvalue weighted by atomic mass is 16.6. The van der Waals surface area contributed by atoms with Gasteiger partial charge in [-0.2, -0.15) is 0 Å². The summed E-state index contributed by atoms with van der Waals surface area (Å²) in [7, 11) is 1.61. The Morgan fingerprint density at radius 2 is 1.77 bits per heavy atom. The summed E-state index contributed by atoms with van der Waals surface area (Å²) in [5.41, 5.74) is 1.50. The van der Waals surface area contributed by atoms with E-state index in [2.05, 4.69) is 0 Å². The third-order valence-corrected chi connectivity index (χ3v) is 5.55. The summed E-state index contributed by atoms with van der Waals surface area (Å²) < 4.78 is 16.4. The Kier molecular flexibility index (Phi) is 6.02. The molecule has 156 valence electrons. The maximum Gasteiger partial charge on any atom is 0.246 e. The van der Waals surface area contributed by atoms with E-state index in [-0.39, 0.29) is 17.6 Å². The van der Waals surface area contributed by atoms with Gasteiger partial charge in [-0.05, 0) is 43.2 Å². The molecule has 4 rings (SSSR count). The summed E-state index contributed by atoms with van der Waals surface area (Å²) >= 11 is 0. The molecule has 0 aliphatic carbocycles. The summed E-state index contributed by atoms with van der Waals surface area (Å²) in [6.07, 6.45) is 4.65. The van der Waals surface area contributed by atoms with Crippen LogP contribution in [-0.2, 0) is 4.79 Å². The molecular weight excluding hydrogens is 382 g/mol. The van der Waals surface area contributed by atoms with Gasteiger partial charge in [0.2, 0.25) is 5.91 Å². The van der Waals surface area contributed by atoms with Crippen LogP contribution in [0.4, 0.5) is 0 Å². The van der Waals surface area contributed by atoms with Gasteiger partial charge in [-0.25, -0.2) is 0 Å². The lowest BCUT2D eigenvalue weighted by Gasteiger charge is -2.30. The van der Waals surface area contributed by atoms with Gasteiger partial charge >= 0.3 is 0 Å². The molecule has 2 aromatic rings. The Balaban J connectivity index is 1.35. The molecule has 0 radical (unpaired) electrons. The normalized spacial score (nSPS) is 16.5. The van der Waals surface area contributed by atoms with E-state index in [9.17, 15) is 9.59 Å². The van der Waals surface area contributed by atoms with Crippen LogP contribution in [0.5, 0.6) is 17.2 Å². The molecule has 30 heavy (non-hydrogen) atoms. The van der Waals surface area contributed by atoms with Crippen LogP contribution < -0.4 is 14.2 Å². The van der Waals surface area contributed by atoms with E-state index >= 15 is 0 Å². The third-order valence-electron chi connectivity index (χ3n) is 5.55. The number of methoxy groups -OCH3 is 1. The lowest BCUT2D eigenvalue weighted by atomic mass is 9.88. The summed E-state index contributed by atoms with van der Waals surface area (Å²) in [6.45, 7) is 2.15. The monoisotopic (exact) mass is 407 g/mol. The number of hydrogen-bond donors (Lipinski definition) is 0. The second-order valence-electron chi connectivity index (χ2n) is 7.40. The fraction of sp³-hybridized carbons (Fsp3) is 0.333. The number of piperidine rings is 1. The molecule has 0 aromatic heterocycles. The zero-order chi connectivity index (χ0) is 20.9. The number of para-hydroxylation sites is 1. The molecule has 0 atom stereocenters. The second-order valence-corrected chi connectivity index (χ2v) is 7.40. The van der Waals surface area contributed by atoms with E-state index in [0.717, 1.165) is 11.3 Å². The number of carbonyl (C=O) groups is 2. The number of benzene rings is 2. The van der Waals surface area contributed by atoms with Gasteiger partial charge in [0, 0.05) is 36.2 Å². The van der Waals surface area contributed by atoms with Crippen molar-refractivity contribution in [3.05, 3.63) is 59.7 Å². The fourth-order valence-corrected chi connectivity index (χ4v) is 3.86. The molecule has 0 spiro atoms. The number of ether oxygens (including phenoxy) is 3. The molecule has 2 aliphatic heterocycles. The zero-order valence-electron chi connectivity index (χ0n) is 17.0. The summed E-state index contributed by atoms with van der Waals surface area (Å²) in [4.78, 5) is 27.3. The van der Waals surface area contributed by atoms with E-state index < -0.39 is 0 Å². The number of amides is 1. The van der Waals surface area contributed by atoms with Crippen molar-refractivity contribution >= 4 is 17.8 Å². The molecule has 6 nitrogen and oxygen atoms in total. The number of rotatable bonds is 5. The second kappa shape index (κ2) is 9.03. The van der Waals surface area contributed by atoms with E-state index in [1.165, 1.54) is 0 Å². The van der Waals surface area contributed by atoms with E-state index in [4.69, 9.17) is 14.2 Å². The molecule has 1 saturated heterocycles. The van der Waals surface area contributed by atoms with Crippen LogP contribution in [0.2, 0.25) is 0 Å². The minimum atomic E-state index is -0.0881. The maximum absolute atomic E-state index is 12.9. The first kappa shape index (κ1) is 20.0. The number of hydrogen-bond acceptors (Lipinski definition) is 5. The lowest BCUT2D eigenvalue weighted by molar-refractivity contribution is -0.127. The number of likely N-dealkylation sites (tertiary alicyclic amines) is 1. The van der Waals surface area contributed by atoms with Gasteiger partial charge in [0.25, 0.3) is 0 Å². The molecule has 1 amide bonds.